The van der Waals surface area contributed by atoms with Crippen molar-refractivity contribution in [3.63, 3.8) is 0 Å². The molecule has 2 aliphatic carbocycles. The molecule has 0 radical (unpaired) electrons. The molecule has 0 saturated heterocycles. The molecular weight excluding hydrogens is 213 g/mol. The Bertz CT molecular complexity index is 446. The van der Waals surface area contributed by atoms with E-state index < -0.39 is 0 Å². The second-order valence-corrected chi connectivity index (χ2v) is 5.79. The largest absolute Gasteiger partial charge is 0.324 e. The maximum atomic E-state index is 14.1. The van der Waals surface area contributed by atoms with Crippen LogP contribution < -0.4 is 5.73 Å². The highest BCUT2D eigenvalue weighted by Gasteiger charge is 2.42. The lowest BCUT2D eigenvalue weighted by Gasteiger charge is -2.40. The number of hydrogen-bond acceptors (Lipinski definition) is 1. The normalized spacial score (nSPS) is 26.2. The monoisotopic (exact) mass is 233 g/mol. The average molecular weight is 233 g/mol. The smallest absolute Gasteiger partial charge is 0.128 e. The fraction of sp³-hybridized carbons (Fsp3) is 0.600. The van der Waals surface area contributed by atoms with Crippen molar-refractivity contribution in [3.8, 4) is 0 Å². The summed E-state index contributed by atoms with van der Waals surface area (Å²) >= 11 is 0. The first kappa shape index (κ1) is 11.2. The van der Waals surface area contributed by atoms with Gasteiger partial charge < -0.3 is 5.73 Å². The van der Waals surface area contributed by atoms with Crippen molar-refractivity contribution >= 4 is 0 Å². The molecule has 0 amide bonds. The summed E-state index contributed by atoms with van der Waals surface area (Å²) in [6.45, 7) is 2.11. The predicted molar refractivity (Wildman–Crippen MR) is 67.4 cm³/mol. The minimum atomic E-state index is -0.101. The number of rotatable bonds is 0. The van der Waals surface area contributed by atoms with E-state index in [1.54, 1.807) is 6.07 Å². The van der Waals surface area contributed by atoms with Crippen molar-refractivity contribution in [2.24, 2.45) is 5.73 Å². The molecule has 3 rings (SSSR count). The molecule has 1 fully saturated rings. The van der Waals surface area contributed by atoms with E-state index in [0.29, 0.717) is 0 Å². The van der Waals surface area contributed by atoms with Gasteiger partial charge >= 0.3 is 0 Å². The fourth-order valence-corrected chi connectivity index (χ4v) is 4.02. The molecule has 2 N–H and O–H groups in total. The highest BCUT2D eigenvalue weighted by molar-refractivity contribution is 5.45. The Hall–Kier alpha value is -0.890. The molecule has 1 atom stereocenters. The summed E-state index contributed by atoms with van der Waals surface area (Å²) in [5.74, 6) is -0.0934. The molecule has 2 aliphatic rings. The van der Waals surface area contributed by atoms with Gasteiger partial charge in [-0.2, -0.15) is 0 Å². The number of benzene rings is 1. The molecule has 0 aliphatic heterocycles. The van der Waals surface area contributed by atoms with Crippen molar-refractivity contribution < 1.29 is 4.39 Å². The number of fused-ring (bicyclic) bond motifs is 2. The molecule has 17 heavy (non-hydrogen) atoms. The zero-order valence-electron chi connectivity index (χ0n) is 10.4. The van der Waals surface area contributed by atoms with Gasteiger partial charge in [0.1, 0.15) is 5.82 Å². The first-order chi connectivity index (χ1) is 8.14. The second kappa shape index (κ2) is 3.81. The van der Waals surface area contributed by atoms with Gasteiger partial charge in [0.05, 0.1) is 0 Å². The van der Waals surface area contributed by atoms with Gasteiger partial charge in [-0.15, -0.1) is 0 Å². The summed E-state index contributed by atoms with van der Waals surface area (Å²) in [4.78, 5) is 0. The molecule has 1 aromatic carbocycles. The van der Waals surface area contributed by atoms with Gasteiger partial charge in [-0.05, 0) is 55.2 Å². The SMILES string of the molecule is Cc1ccc(F)c2c1C1(CCCC1)CCC2N. The van der Waals surface area contributed by atoms with Gasteiger partial charge in [-0.3, -0.25) is 0 Å². The third-order valence-corrected chi connectivity index (χ3v) is 4.80. The van der Waals surface area contributed by atoms with Crippen LogP contribution in [0.25, 0.3) is 0 Å². The Labute approximate surface area is 102 Å². The minimum Gasteiger partial charge on any atom is -0.324 e. The quantitative estimate of drug-likeness (QED) is 0.725. The Morgan fingerprint density at radius 2 is 1.94 bits per heavy atom. The van der Waals surface area contributed by atoms with Crippen molar-refractivity contribution in [1.82, 2.24) is 0 Å². The van der Waals surface area contributed by atoms with E-state index in [1.807, 2.05) is 6.07 Å². The van der Waals surface area contributed by atoms with Crippen LogP contribution in [0.1, 0.15) is 61.3 Å². The summed E-state index contributed by atoms with van der Waals surface area (Å²) < 4.78 is 14.1. The van der Waals surface area contributed by atoms with Gasteiger partial charge in [-0.1, -0.05) is 18.9 Å². The van der Waals surface area contributed by atoms with E-state index in [-0.39, 0.29) is 17.3 Å². The van der Waals surface area contributed by atoms with Gasteiger partial charge in [-0.25, -0.2) is 4.39 Å². The maximum Gasteiger partial charge on any atom is 0.128 e. The molecule has 1 saturated carbocycles. The van der Waals surface area contributed by atoms with Crippen molar-refractivity contribution in [2.75, 3.05) is 0 Å². The molecule has 2 heteroatoms. The first-order valence-electron chi connectivity index (χ1n) is 6.69. The number of aryl methyl sites for hydroxylation is 1. The third-order valence-electron chi connectivity index (χ3n) is 4.80. The van der Waals surface area contributed by atoms with E-state index in [9.17, 15) is 4.39 Å². The standard InChI is InChI=1S/C15H20FN/c1-10-4-5-11(16)13-12(17)6-9-15(14(10)13)7-2-3-8-15/h4-5,12H,2-3,6-9,17H2,1H3. The summed E-state index contributed by atoms with van der Waals surface area (Å²) in [5.41, 5.74) is 9.68. The molecule has 0 aromatic heterocycles. The topological polar surface area (TPSA) is 26.0 Å². The molecule has 1 nitrogen and oxygen atoms in total. The molecule has 1 aromatic rings. The molecule has 1 unspecified atom stereocenters. The third kappa shape index (κ3) is 1.54. The van der Waals surface area contributed by atoms with Crippen LogP contribution in [-0.2, 0) is 5.41 Å². The molecule has 92 valence electrons. The van der Waals surface area contributed by atoms with E-state index in [4.69, 9.17) is 5.73 Å². The second-order valence-electron chi connectivity index (χ2n) is 5.79. The Morgan fingerprint density at radius 1 is 1.24 bits per heavy atom. The van der Waals surface area contributed by atoms with E-state index in [1.165, 1.54) is 36.8 Å². The zero-order valence-corrected chi connectivity index (χ0v) is 10.4. The predicted octanol–water partition coefficient (Wildman–Crippen LogP) is 3.74. The van der Waals surface area contributed by atoms with Crippen LogP contribution in [0, 0.1) is 12.7 Å². The van der Waals surface area contributed by atoms with E-state index >= 15 is 0 Å². The van der Waals surface area contributed by atoms with Crippen molar-refractivity contribution in [1.29, 1.82) is 0 Å². The lowest BCUT2D eigenvalue weighted by Crippen LogP contribution is -2.34. The molecule has 1 spiro atoms. The van der Waals surface area contributed by atoms with Crippen LogP contribution in [-0.4, -0.2) is 0 Å². The number of halogens is 1. The van der Waals surface area contributed by atoms with E-state index in [0.717, 1.165) is 18.4 Å². The van der Waals surface area contributed by atoms with E-state index in [2.05, 4.69) is 6.92 Å². The maximum absolute atomic E-state index is 14.1. The van der Waals surface area contributed by atoms with Gasteiger partial charge in [0.15, 0.2) is 0 Å². The zero-order chi connectivity index (χ0) is 12.0. The van der Waals surface area contributed by atoms with Gasteiger partial charge in [0.2, 0.25) is 0 Å². The highest BCUT2D eigenvalue weighted by atomic mass is 19.1. The lowest BCUT2D eigenvalue weighted by atomic mass is 9.66. The fourth-order valence-electron chi connectivity index (χ4n) is 4.02. The summed E-state index contributed by atoms with van der Waals surface area (Å²) in [5, 5.41) is 0. The van der Waals surface area contributed by atoms with Crippen LogP contribution in [0.5, 0.6) is 0 Å². The van der Waals surface area contributed by atoms with Crippen LogP contribution >= 0.6 is 0 Å². The Balaban J connectivity index is 2.23. The van der Waals surface area contributed by atoms with Crippen molar-refractivity contribution in [2.45, 2.75) is 56.9 Å². The molecular formula is C15H20FN. The lowest BCUT2D eigenvalue weighted by molar-refractivity contribution is 0.335. The Morgan fingerprint density at radius 3 is 2.65 bits per heavy atom. The Kier molecular flexibility index (Phi) is 2.51. The first-order valence-corrected chi connectivity index (χ1v) is 6.69. The van der Waals surface area contributed by atoms with Crippen LogP contribution in [0.4, 0.5) is 4.39 Å². The summed E-state index contributed by atoms with van der Waals surface area (Å²) in [6, 6.07) is 3.41. The average Bonchev–Trinajstić information content (AvgIpc) is 2.77. The summed E-state index contributed by atoms with van der Waals surface area (Å²) in [6.07, 6.45) is 7.09. The van der Waals surface area contributed by atoms with Crippen LogP contribution in [0.15, 0.2) is 12.1 Å². The van der Waals surface area contributed by atoms with Crippen LogP contribution in [0.3, 0.4) is 0 Å². The molecule has 0 heterocycles. The molecule has 0 bridgehead atoms. The van der Waals surface area contributed by atoms with Crippen LogP contribution in [0.2, 0.25) is 0 Å². The number of hydrogen-bond donors (Lipinski definition) is 1. The minimum absolute atomic E-state index is 0.0934. The highest BCUT2D eigenvalue weighted by Crippen LogP contribution is 2.52. The van der Waals surface area contributed by atoms with Crippen molar-refractivity contribution in [3.05, 3.63) is 34.6 Å². The summed E-state index contributed by atoms with van der Waals surface area (Å²) in [7, 11) is 0. The number of nitrogens with two attached hydrogens (primary N) is 1. The van der Waals surface area contributed by atoms with Gasteiger partial charge in [0, 0.05) is 11.6 Å². The van der Waals surface area contributed by atoms with Gasteiger partial charge in [0.25, 0.3) is 0 Å².